The Morgan fingerprint density at radius 1 is 1.42 bits per heavy atom. The average Bonchev–Trinajstić information content (AvgIpc) is 3.28. The maximum Gasteiger partial charge on any atom is 0.251 e. The Morgan fingerprint density at radius 3 is 2.92 bits per heavy atom. The molecule has 5 nitrogen and oxygen atoms in total. The molecule has 1 amide bonds. The molecular formula is C18H23N3O2S. The molecule has 2 aliphatic rings. The molecular weight excluding hydrogens is 322 g/mol. The van der Waals surface area contributed by atoms with E-state index < -0.39 is 10.8 Å². The van der Waals surface area contributed by atoms with Crippen molar-refractivity contribution in [3.05, 3.63) is 35.0 Å². The van der Waals surface area contributed by atoms with Crippen molar-refractivity contribution in [1.82, 2.24) is 15.2 Å². The minimum atomic E-state index is -0.885. The first-order valence-electron chi connectivity index (χ1n) is 8.42. The highest BCUT2D eigenvalue weighted by Crippen LogP contribution is 2.40. The molecule has 24 heavy (non-hydrogen) atoms. The van der Waals surface area contributed by atoms with Crippen LogP contribution < -0.4 is 5.32 Å². The summed E-state index contributed by atoms with van der Waals surface area (Å²) in [5, 5.41) is 4.12. The molecule has 0 bridgehead atoms. The number of nitrogens with one attached hydrogen (secondary N) is 2. The summed E-state index contributed by atoms with van der Waals surface area (Å²) >= 11 is 0. The van der Waals surface area contributed by atoms with Crippen molar-refractivity contribution < 1.29 is 9.00 Å². The second kappa shape index (κ2) is 5.70. The molecule has 0 saturated heterocycles. The second-order valence-corrected chi connectivity index (χ2v) is 8.92. The van der Waals surface area contributed by atoms with E-state index in [-0.39, 0.29) is 10.7 Å². The standard InChI is InChI=1S/C18H23N3O2S/c1-21-8-5-16-14(10-21)13-9-12(3-4-15(13)20-16)17(22)19-11-18(6-7-18)24(2)23/h3-4,9,20H,5-8,10-11H2,1-2H3,(H,19,22). The molecule has 1 aliphatic carbocycles. The Hall–Kier alpha value is -1.66. The van der Waals surface area contributed by atoms with Gasteiger partial charge in [-0.3, -0.25) is 9.00 Å². The molecule has 128 valence electrons. The van der Waals surface area contributed by atoms with E-state index in [2.05, 4.69) is 22.2 Å². The third-order valence-electron chi connectivity index (χ3n) is 5.42. The molecule has 1 aliphatic heterocycles. The number of aromatic amines is 1. The predicted molar refractivity (Wildman–Crippen MR) is 96.7 cm³/mol. The number of hydrogen-bond acceptors (Lipinski definition) is 3. The third-order valence-corrected chi connectivity index (χ3v) is 7.19. The lowest BCUT2D eigenvalue weighted by molar-refractivity contribution is 0.0953. The fourth-order valence-corrected chi connectivity index (χ4v) is 4.49. The van der Waals surface area contributed by atoms with Crippen LogP contribution in [0.4, 0.5) is 0 Å². The van der Waals surface area contributed by atoms with Crippen molar-refractivity contribution in [2.24, 2.45) is 0 Å². The lowest BCUT2D eigenvalue weighted by Gasteiger charge is -2.22. The summed E-state index contributed by atoms with van der Waals surface area (Å²) in [7, 11) is 1.24. The van der Waals surface area contributed by atoms with Gasteiger partial charge in [-0.15, -0.1) is 0 Å². The minimum absolute atomic E-state index is 0.0762. The number of benzene rings is 1. The highest BCUT2D eigenvalue weighted by atomic mass is 32.2. The van der Waals surface area contributed by atoms with Gasteiger partial charge in [-0.05, 0) is 43.7 Å². The van der Waals surface area contributed by atoms with Gasteiger partial charge in [0.15, 0.2) is 0 Å². The normalized spacial score (nSPS) is 20.6. The first kappa shape index (κ1) is 15.8. The SMILES string of the molecule is CN1CCc2[nH]c3ccc(C(=O)NCC4(S(C)=O)CC4)cc3c2C1. The van der Waals surface area contributed by atoms with Gasteiger partial charge < -0.3 is 15.2 Å². The molecule has 0 radical (unpaired) electrons. The maximum absolute atomic E-state index is 12.5. The van der Waals surface area contributed by atoms with Gasteiger partial charge in [0.05, 0.1) is 4.75 Å². The van der Waals surface area contributed by atoms with Gasteiger partial charge in [-0.1, -0.05) is 0 Å². The fourth-order valence-electron chi connectivity index (χ4n) is 3.54. The lowest BCUT2D eigenvalue weighted by Crippen LogP contribution is -2.35. The van der Waals surface area contributed by atoms with Gasteiger partial charge in [0.1, 0.15) is 0 Å². The van der Waals surface area contributed by atoms with Crippen LogP contribution in [-0.4, -0.2) is 51.1 Å². The summed E-state index contributed by atoms with van der Waals surface area (Å²) in [5.74, 6) is -0.0762. The van der Waals surface area contributed by atoms with Crippen LogP contribution in [0.2, 0.25) is 0 Å². The van der Waals surface area contributed by atoms with E-state index in [1.807, 2.05) is 18.2 Å². The molecule has 1 aromatic heterocycles. The zero-order chi connectivity index (χ0) is 16.9. The van der Waals surface area contributed by atoms with E-state index >= 15 is 0 Å². The van der Waals surface area contributed by atoms with Crippen LogP contribution in [0.15, 0.2) is 18.2 Å². The number of likely N-dealkylation sites (N-methyl/N-ethyl adjacent to an activating group) is 1. The van der Waals surface area contributed by atoms with Crippen molar-refractivity contribution >= 4 is 27.6 Å². The quantitative estimate of drug-likeness (QED) is 0.888. The largest absolute Gasteiger partial charge is 0.358 e. The lowest BCUT2D eigenvalue weighted by atomic mass is 10.0. The molecule has 1 fully saturated rings. The van der Waals surface area contributed by atoms with Crippen LogP contribution in [0.25, 0.3) is 10.9 Å². The van der Waals surface area contributed by atoms with E-state index in [9.17, 15) is 9.00 Å². The van der Waals surface area contributed by atoms with Crippen LogP contribution in [0.1, 0.15) is 34.5 Å². The van der Waals surface area contributed by atoms with Crippen molar-refractivity contribution in [1.29, 1.82) is 0 Å². The van der Waals surface area contributed by atoms with Gasteiger partial charge in [0.25, 0.3) is 5.91 Å². The van der Waals surface area contributed by atoms with Gasteiger partial charge in [-0.25, -0.2) is 0 Å². The topological polar surface area (TPSA) is 65.2 Å². The molecule has 1 saturated carbocycles. The number of hydrogen-bond donors (Lipinski definition) is 2. The average molecular weight is 345 g/mol. The van der Waals surface area contributed by atoms with Gasteiger partial charge >= 0.3 is 0 Å². The Kier molecular flexibility index (Phi) is 3.77. The summed E-state index contributed by atoms with van der Waals surface area (Å²) in [6.45, 7) is 2.47. The molecule has 1 atom stereocenters. The Labute approximate surface area is 144 Å². The first-order valence-corrected chi connectivity index (χ1v) is 9.98. The van der Waals surface area contributed by atoms with Crippen molar-refractivity contribution in [3.8, 4) is 0 Å². The molecule has 4 rings (SSSR count). The number of nitrogens with zero attached hydrogens (tertiary/aromatic N) is 1. The smallest absolute Gasteiger partial charge is 0.251 e. The summed E-state index contributed by atoms with van der Waals surface area (Å²) in [5.41, 5.74) is 4.37. The molecule has 2 aromatic rings. The van der Waals surface area contributed by atoms with E-state index in [0.29, 0.717) is 12.1 Å². The Bertz CT molecular complexity index is 838. The van der Waals surface area contributed by atoms with Gasteiger partial charge in [-0.2, -0.15) is 0 Å². The number of H-pyrrole nitrogens is 1. The first-order chi connectivity index (χ1) is 11.5. The van der Waals surface area contributed by atoms with E-state index in [0.717, 1.165) is 43.3 Å². The molecule has 1 unspecified atom stereocenters. The fraction of sp³-hybridized carbons (Fsp3) is 0.500. The molecule has 1 aromatic carbocycles. The molecule has 6 heteroatoms. The summed E-state index contributed by atoms with van der Waals surface area (Å²) < 4.78 is 11.6. The number of rotatable bonds is 4. The summed E-state index contributed by atoms with van der Waals surface area (Å²) in [6, 6.07) is 5.85. The van der Waals surface area contributed by atoms with Crippen LogP contribution in [-0.2, 0) is 23.8 Å². The Morgan fingerprint density at radius 2 is 2.21 bits per heavy atom. The minimum Gasteiger partial charge on any atom is -0.358 e. The number of carbonyl (C=O) groups excluding carboxylic acids is 1. The second-order valence-electron chi connectivity index (χ2n) is 7.15. The zero-order valence-electron chi connectivity index (χ0n) is 14.1. The predicted octanol–water partition coefficient (Wildman–Crippen LogP) is 1.80. The van der Waals surface area contributed by atoms with Crippen molar-refractivity contribution in [3.63, 3.8) is 0 Å². The highest BCUT2D eigenvalue weighted by Gasteiger charge is 2.46. The van der Waals surface area contributed by atoms with Crippen LogP contribution >= 0.6 is 0 Å². The third kappa shape index (κ3) is 2.67. The van der Waals surface area contributed by atoms with Gasteiger partial charge in [0.2, 0.25) is 0 Å². The molecule has 2 N–H and O–H groups in total. The number of fused-ring (bicyclic) bond motifs is 3. The zero-order valence-corrected chi connectivity index (χ0v) is 15.0. The van der Waals surface area contributed by atoms with Gasteiger partial charge in [0, 0.05) is 65.3 Å². The van der Waals surface area contributed by atoms with Crippen LogP contribution in [0, 0.1) is 0 Å². The van der Waals surface area contributed by atoms with Crippen molar-refractivity contribution in [2.45, 2.75) is 30.6 Å². The highest BCUT2D eigenvalue weighted by molar-refractivity contribution is 7.86. The van der Waals surface area contributed by atoms with E-state index in [4.69, 9.17) is 0 Å². The molecule has 0 spiro atoms. The number of carbonyl (C=O) groups is 1. The maximum atomic E-state index is 12.5. The van der Waals surface area contributed by atoms with E-state index in [1.165, 1.54) is 11.3 Å². The molecule has 2 heterocycles. The number of amides is 1. The Balaban J connectivity index is 1.57. The summed E-state index contributed by atoms with van der Waals surface area (Å²) in [4.78, 5) is 18.3. The summed E-state index contributed by atoms with van der Waals surface area (Å²) in [6.07, 6.45) is 4.63. The number of aromatic nitrogens is 1. The monoisotopic (exact) mass is 345 g/mol. The van der Waals surface area contributed by atoms with Crippen LogP contribution in [0.5, 0.6) is 0 Å². The van der Waals surface area contributed by atoms with Crippen molar-refractivity contribution in [2.75, 3.05) is 26.4 Å². The van der Waals surface area contributed by atoms with Crippen LogP contribution in [0.3, 0.4) is 0 Å². The van der Waals surface area contributed by atoms with E-state index in [1.54, 1.807) is 6.26 Å².